The lowest BCUT2D eigenvalue weighted by Crippen LogP contribution is -2.20. The third-order valence-electron chi connectivity index (χ3n) is 3.86. The Labute approximate surface area is 136 Å². The highest BCUT2D eigenvalue weighted by Crippen LogP contribution is 2.40. The fourth-order valence-electron chi connectivity index (χ4n) is 2.61. The van der Waals surface area contributed by atoms with E-state index in [1.165, 1.54) is 16.7 Å². The van der Waals surface area contributed by atoms with Crippen molar-refractivity contribution in [3.8, 4) is 5.75 Å². The average Bonchev–Trinajstić information content (AvgIpc) is 2.35. The molecule has 1 aromatic carbocycles. The maximum atomic E-state index is 5.80. The first-order valence-corrected chi connectivity index (χ1v) is 8.46. The van der Waals surface area contributed by atoms with Gasteiger partial charge in [0, 0.05) is 11.1 Å². The van der Waals surface area contributed by atoms with Gasteiger partial charge in [-0.2, -0.15) is 12.6 Å². The minimum Gasteiger partial charge on any atom is -0.496 e. The maximum absolute atomic E-state index is 5.80. The topological polar surface area (TPSA) is 9.23 Å². The average molecular weight is 309 g/mol. The van der Waals surface area contributed by atoms with Crippen molar-refractivity contribution in [2.24, 2.45) is 5.92 Å². The summed E-state index contributed by atoms with van der Waals surface area (Å²) < 4.78 is 5.80. The van der Waals surface area contributed by atoms with E-state index in [0.717, 1.165) is 17.9 Å². The van der Waals surface area contributed by atoms with E-state index >= 15 is 0 Å². The van der Waals surface area contributed by atoms with Crippen LogP contribution in [-0.2, 0) is 17.3 Å². The minimum absolute atomic E-state index is 0.0750. The van der Waals surface area contributed by atoms with E-state index in [1.807, 2.05) is 0 Å². The van der Waals surface area contributed by atoms with Gasteiger partial charge in [-0.05, 0) is 34.5 Å². The molecule has 1 atom stereocenters. The van der Waals surface area contributed by atoms with E-state index in [4.69, 9.17) is 4.74 Å². The van der Waals surface area contributed by atoms with Gasteiger partial charge in [-0.1, -0.05) is 60.6 Å². The normalized spacial score (nSPS) is 14.1. The number of rotatable bonds is 4. The molecule has 0 aliphatic carbocycles. The summed E-state index contributed by atoms with van der Waals surface area (Å²) in [4.78, 5) is 0. The molecule has 0 aromatic heterocycles. The molecule has 21 heavy (non-hydrogen) atoms. The first-order valence-electron chi connectivity index (χ1n) is 7.83. The van der Waals surface area contributed by atoms with Gasteiger partial charge in [-0.3, -0.25) is 0 Å². The largest absolute Gasteiger partial charge is 0.496 e. The maximum Gasteiger partial charge on any atom is 0.126 e. The lowest BCUT2D eigenvalue weighted by molar-refractivity contribution is 0.381. The Hall–Kier alpha value is -0.630. The van der Waals surface area contributed by atoms with Crippen molar-refractivity contribution in [3.05, 3.63) is 28.8 Å². The summed E-state index contributed by atoms with van der Waals surface area (Å²) in [7, 11) is 1.79. The molecule has 120 valence electrons. The highest BCUT2D eigenvalue weighted by atomic mass is 32.1. The molecule has 1 aromatic rings. The fraction of sp³-hybridized carbons (Fsp3) is 0.684. The van der Waals surface area contributed by atoms with E-state index in [0.29, 0.717) is 5.92 Å². The highest BCUT2D eigenvalue weighted by Gasteiger charge is 2.27. The van der Waals surface area contributed by atoms with Crippen LogP contribution in [-0.4, -0.2) is 12.9 Å². The monoisotopic (exact) mass is 308 g/mol. The molecular formula is C19H32OS. The van der Waals surface area contributed by atoms with Crippen LogP contribution in [0.4, 0.5) is 0 Å². The number of hydrogen-bond acceptors (Lipinski definition) is 2. The summed E-state index contributed by atoms with van der Waals surface area (Å²) in [6.45, 7) is 15.8. The highest BCUT2D eigenvalue weighted by molar-refractivity contribution is 7.80. The first kappa shape index (κ1) is 18.4. The third-order valence-corrected chi connectivity index (χ3v) is 4.49. The Morgan fingerprint density at radius 3 is 1.71 bits per heavy atom. The van der Waals surface area contributed by atoms with E-state index in [9.17, 15) is 0 Å². The number of hydrogen-bond donors (Lipinski definition) is 1. The summed E-state index contributed by atoms with van der Waals surface area (Å²) in [6, 6.07) is 4.65. The van der Waals surface area contributed by atoms with Gasteiger partial charge in [0.25, 0.3) is 0 Å². The Morgan fingerprint density at radius 2 is 1.43 bits per heavy atom. The van der Waals surface area contributed by atoms with Gasteiger partial charge in [0.2, 0.25) is 0 Å². The Morgan fingerprint density at radius 1 is 1.00 bits per heavy atom. The van der Waals surface area contributed by atoms with Crippen molar-refractivity contribution < 1.29 is 4.74 Å². The fourth-order valence-corrected chi connectivity index (χ4v) is 2.74. The molecule has 0 aliphatic rings. The predicted octanol–water partition coefficient (Wildman–Crippen LogP) is 5.40. The molecule has 0 spiro atoms. The molecule has 0 radical (unpaired) electrons. The van der Waals surface area contributed by atoms with Crippen LogP contribution in [0.25, 0.3) is 0 Å². The molecule has 0 N–H and O–H groups in total. The summed E-state index contributed by atoms with van der Waals surface area (Å²) in [5.41, 5.74) is 4.15. The van der Waals surface area contributed by atoms with Crippen molar-refractivity contribution in [2.45, 2.75) is 65.7 Å². The summed E-state index contributed by atoms with van der Waals surface area (Å²) in [6.07, 6.45) is 1.07. The van der Waals surface area contributed by atoms with Gasteiger partial charge >= 0.3 is 0 Å². The summed E-state index contributed by atoms with van der Waals surface area (Å²) in [5, 5.41) is 0. The van der Waals surface area contributed by atoms with Gasteiger partial charge in [-0.15, -0.1) is 0 Å². The second-order valence-corrected chi connectivity index (χ2v) is 8.58. The van der Waals surface area contributed by atoms with Gasteiger partial charge in [0.15, 0.2) is 0 Å². The number of benzene rings is 1. The van der Waals surface area contributed by atoms with Gasteiger partial charge < -0.3 is 4.74 Å². The van der Waals surface area contributed by atoms with Crippen molar-refractivity contribution in [1.29, 1.82) is 0 Å². The van der Waals surface area contributed by atoms with Crippen molar-refractivity contribution in [2.75, 3.05) is 12.9 Å². The number of methoxy groups -OCH3 is 1. The zero-order valence-corrected chi connectivity index (χ0v) is 15.9. The van der Waals surface area contributed by atoms with E-state index in [2.05, 4.69) is 73.2 Å². The lowest BCUT2D eigenvalue weighted by Gasteiger charge is -2.30. The van der Waals surface area contributed by atoms with Crippen molar-refractivity contribution in [3.63, 3.8) is 0 Å². The van der Waals surface area contributed by atoms with Gasteiger partial charge in [0.05, 0.1) is 7.11 Å². The second kappa shape index (κ2) is 6.64. The smallest absolute Gasteiger partial charge is 0.126 e. The van der Waals surface area contributed by atoms with Crippen molar-refractivity contribution in [1.82, 2.24) is 0 Å². The third kappa shape index (κ3) is 4.67. The van der Waals surface area contributed by atoms with Gasteiger partial charge in [-0.25, -0.2) is 0 Å². The molecule has 0 saturated carbocycles. The van der Waals surface area contributed by atoms with E-state index < -0.39 is 0 Å². The Kier molecular flexibility index (Phi) is 5.83. The quantitative estimate of drug-likeness (QED) is 0.733. The van der Waals surface area contributed by atoms with Crippen molar-refractivity contribution >= 4 is 12.6 Å². The predicted molar refractivity (Wildman–Crippen MR) is 97.1 cm³/mol. The van der Waals surface area contributed by atoms with E-state index in [1.54, 1.807) is 7.11 Å². The summed E-state index contributed by atoms with van der Waals surface area (Å²) >= 11 is 4.43. The van der Waals surface area contributed by atoms with Crippen LogP contribution >= 0.6 is 12.6 Å². The molecule has 1 unspecified atom stereocenters. The summed E-state index contributed by atoms with van der Waals surface area (Å²) in [5.74, 6) is 2.56. The van der Waals surface area contributed by atoms with Crippen LogP contribution in [0, 0.1) is 5.92 Å². The zero-order valence-electron chi connectivity index (χ0n) is 15.0. The van der Waals surface area contributed by atoms with E-state index in [-0.39, 0.29) is 10.8 Å². The molecule has 2 heteroatoms. The first-order chi connectivity index (χ1) is 9.50. The van der Waals surface area contributed by atoms with Crippen LogP contribution < -0.4 is 4.74 Å². The Balaban J connectivity index is 3.51. The molecular weight excluding hydrogens is 276 g/mol. The lowest BCUT2D eigenvalue weighted by atomic mass is 9.77. The number of ether oxygens (including phenoxy) is 1. The Bertz CT molecular complexity index is 442. The standard InChI is InChI=1S/C19H32OS/c1-13(12-21)9-14-10-15(18(2,3)4)17(20-8)16(11-14)19(5,6)7/h10-11,13,21H,9,12H2,1-8H3. The van der Waals surface area contributed by atoms with Crippen LogP contribution in [0.1, 0.15) is 65.2 Å². The molecule has 0 heterocycles. The molecule has 0 amide bonds. The van der Waals surface area contributed by atoms with Crippen LogP contribution in [0.3, 0.4) is 0 Å². The number of thiol groups is 1. The molecule has 0 bridgehead atoms. The molecule has 0 saturated heterocycles. The SMILES string of the molecule is COc1c(C(C)(C)C)cc(CC(C)CS)cc1C(C)(C)C. The van der Waals surface area contributed by atoms with Gasteiger partial charge in [0.1, 0.15) is 5.75 Å². The second-order valence-electron chi connectivity index (χ2n) is 8.22. The van der Waals surface area contributed by atoms with Crippen LogP contribution in [0.5, 0.6) is 5.75 Å². The van der Waals surface area contributed by atoms with Crippen LogP contribution in [0.15, 0.2) is 12.1 Å². The zero-order chi connectivity index (χ0) is 16.4. The molecule has 1 nitrogen and oxygen atoms in total. The molecule has 1 rings (SSSR count). The van der Waals surface area contributed by atoms with Crippen LogP contribution in [0.2, 0.25) is 0 Å². The molecule has 0 aliphatic heterocycles. The minimum atomic E-state index is 0.0750. The molecule has 0 fully saturated rings.